The second-order valence-electron chi connectivity index (χ2n) is 4.18. The van der Waals surface area contributed by atoms with Crippen molar-refractivity contribution in [3.05, 3.63) is 53.2 Å². The van der Waals surface area contributed by atoms with Crippen LogP contribution in [-0.2, 0) is 4.79 Å². The van der Waals surface area contributed by atoms with Crippen LogP contribution in [0.15, 0.2) is 46.8 Å². The van der Waals surface area contributed by atoms with Crippen molar-refractivity contribution in [2.75, 3.05) is 0 Å². The number of aromatic nitrogens is 2. The zero-order valence-electron chi connectivity index (χ0n) is 10.6. The lowest BCUT2D eigenvalue weighted by atomic mass is 10.1. The Balaban J connectivity index is 1.93. The molecule has 21 heavy (non-hydrogen) atoms. The second kappa shape index (κ2) is 6.01. The molecule has 0 saturated heterocycles. The quantitative estimate of drug-likeness (QED) is 0.569. The van der Waals surface area contributed by atoms with Crippen LogP contribution in [-0.4, -0.2) is 21.0 Å². The van der Waals surface area contributed by atoms with E-state index in [1.165, 1.54) is 23.1 Å². The molecule has 3 aromatic rings. The molecule has 0 aliphatic carbocycles. The second-order valence-corrected chi connectivity index (χ2v) is 6.90. The van der Waals surface area contributed by atoms with E-state index in [1.54, 1.807) is 24.3 Å². The van der Waals surface area contributed by atoms with Crippen molar-refractivity contribution in [2.45, 2.75) is 9.59 Å². The third kappa shape index (κ3) is 3.18. The van der Waals surface area contributed by atoms with Gasteiger partial charge in [0.25, 0.3) is 0 Å². The highest BCUT2D eigenvalue weighted by atomic mass is 35.5. The van der Waals surface area contributed by atoms with Crippen molar-refractivity contribution in [2.24, 2.45) is 0 Å². The number of carboxylic acid groups (broad SMARTS) is 1. The van der Waals surface area contributed by atoms with Gasteiger partial charge in [-0.15, -0.1) is 0 Å². The van der Waals surface area contributed by atoms with Crippen molar-refractivity contribution in [1.82, 2.24) is 9.97 Å². The summed E-state index contributed by atoms with van der Waals surface area (Å²) in [7, 11) is 0. The Bertz CT molecular complexity index is 792. The van der Waals surface area contributed by atoms with Crippen molar-refractivity contribution in [1.29, 1.82) is 0 Å². The summed E-state index contributed by atoms with van der Waals surface area (Å²) < 4.78 is 0.663. The average molecular weight is 337 g/mol. The number of fused-ring (bicyclic) bond motifs is 1. The first-order valence-corrected chi connectivity index (χ1v) is 8.08. The monoisotopic (exact) mass is 336 g/mol. The molecule has 0 amide bonds. The van der Waals surface area contributed by atoms with Gasteiger partial charge in [-0.25, -0.2) is 9.97 Å². The molecule has 0 spiro atoms. The first-order chi connectivity index (χ1) is 10.1. The van der Waals surface area contributed by atoms with Crippen LogP contribution in [0.3, 0.4) is 0 Å². The van der Waals surface area contributed by atoms with Gasteiger partial charge in [0.1, 0.15) is 20.8 Å². The van der Waals surface area contributed by atoms with E-state index in [1.807, 2.05) is 18.2 Å². The van der Waals surface area contributed by atoms with E-state index < -0.39 is 11.2 Å². The van der Waals surface area contributed by atoms with Crippen LogP contribution in [0.1, 0.15) is 10.8 Å². The number of hydrogen-bond donors (Lipinski definition) is 1. The molecule has 3 rings (SSSR count). The predicted molar refractivity (Wildman–Crippen MR) is 85.1 cm³/mol. The fourth-order valence-electron chi connectivity index (χ4n) is 1.81. The number of aliphatic carboxylic acids is 1. The maximum absolute atomic E-state index is 11.5. The van der Waals surface area contributed by atoms with Crippen LogP contribution in [0.5, 0.6) is 0 Å². The molecule has 1 atom stereocenters. The van der Waals surface area contributed by atoms with E-state index in [-0.39, 0.29) is 0 Å². The number of benzene rings is 1. The van der Waals surface area contributed by atoms with Crippen molar-refractivity contribution < 1.29 is 9.90 Å². The first kappa shape index (κ1) is 14.3. The highest BCUT2D eigenvalue weighted by molar-refractivity contribution is 8.02. The minimum atomic E-state index is -0.892. The largest absolute Gasteiger partial charge is 0.480 e. The minimum Gasteiger partial charge on any atom is -0.480 e. The lowest BCUT2D eigenvalue weighted by molar-refractivity contribution is -0.136. The zero-order valence-corrected chi connectivity index (χ0v) is 13.0. The Labute approximate surface area is 133 Å². The summed E-state index contributed by atoms with van der Waals surface area (Å²) in [6.07, 6.45) is 0. The number of pyridine rings is 1. The van der Waals surface area contributed by atoms with Crippen LogP contribution >= 0.6 is 34.7 Å². The van der Waals surface area contributed by atoms with Crippen LogP contribution in [0, 0.1) is 0 Å². The number of halogens is 1. The van der Waals surface area contributed by atoms with Gasteiger partial charge in [-0.1, -0.05) is 65.0 Å². The summed E-state index contributed by atoms with van der Waals surface area (Å²) in [6.45, 7) is 0. The lowest BCUT2D eigenvalue weighted by Crippen LogP contribution is -2.07. The molecule has 2 aromatic heterocycles. The van der Waals surface area contributed by atoms with Gasteiger partial charge in [0.2, 0.25) is 0 Å². The van der Waals surface area contributed by atoms with Gasteiger partial charge in [0, 0.05) is 0 Å². The molecule has 0 saturated carbocycles. The molecule has 0 fully saturated rings. The number of nitrogens with zero attached hydrogens (tertiary/aromatic N) is 2. The van der Waals surface area contributed by atoms with E-state index in [0.29, 0.717) is 14.3 Å². The van der Waals surface area contributed by atoms with Gasteiger partial charge in [0.15, 0.2) is 4.34 Å². The summed E-state index contributed by atoms with van der Waals surface area (Å²) in [5.74, 6) is -0.892. The van der Waals surface area contributed by atoms with Crippen molar-refractivity contribution in [3.8, 4) is 0 Å². The summed E-state index contributed by atoms with van der Waals surface area (Å²) in [5.41, 5.74) is 1.46. The van der Waals surface area contributed by atoms with Crippen LogP contribution in [0.4, 0.5) is 0 Å². The standard InChI is InChI=1S/C14H9ClN2O2S2/c15-10-7-6-9-12(17-10)21-14(16-9)20-11(13(18)19)8-4-2-1-3-5-8/h1-7,11H,(H,18,19). The summed E-state index contributed by atoms with van der Waals surface area (Å²) >= 11 is 8.40. The molecule has 0 aliphatic rings. The fourth-order valence-corrected chi connectivity index (χ4v) is 4.15. The highest BCUT2D eigenvalue weighted by Crippen LogP contribution is 2.39. The Kier molecular flexibility index (Phi) is 4.10. The van der Waals surface area contributed by atoms with Gasteiger partial charge >= 0.3 is 5.97 Å². The molecular formula is C14H9ClN2O2S2. The summed E-state index contributed by atoms with van der Waals surface area (Å²) in [4.78, 5) is 20.8. The predicted octanol–water partition coefficient (Wildman–Crippen LogP) is 4.26. The van der Waals surface area contributed by atoms with E-state index in [2.05, 4.69) is 9.97 Å². The summed E-state index contributed by atoms with van der Waals surface area (Å²) in [6, 6.07) is 12.6. The molecule has 106 valence electrons. The maximum Gasteiger partial charge on any atom is 0.321 e. The van der Waals surface area contributed by atoms with Gasteiger partial charge in [-0.2, -0.15) is 0 Å². The molecule has 1 unspecified atom stereocenters. The van der Waals surface area contributed by atoms with Crippen molar-refractivity contribution >= 4 is 51.0 Å². The lowest BCUT2D eigenvalue weighted by Gasteiger charge is -2.09. The molecular weight excluding hydrogens is 328 g/mol. The zero-order chi connectivity index (χ0) is 14.8. The maximum atomic E-state index is 11.5. The van der Waals surface area contributed by atoms with Crippen LogP contribution in [0.2, 0.25) is 5.15 Å². The van der Waals surface area contributed by atoms with Gasteiger partial charge in [-0.05, 0) is 17.7 Å². The Hall–Kier alpha value is -1.63. The van der Waals surface area contributed by atoms with E-state index in [4.69, 9.17) is 11.6 Å². The molecule has 7 heteroatoms. The Morgan fingerprint density at radius 3 is 2.67 bits per heavy atom. The number of hydrogen-bond acceptors (Lipinski definition) is 5. The average Bonchev–Trinajstić information content (AvgIpc) is 2.87. The number of carbonyl (C=O) groups is 1. The topological polar surface area (TPSA) is 63.1 Å². The Morgan fingerprint density at radius 2 is 1.95 bits per heavy atom. The highest BCUT2D eigenvalue weighted by Gasteiger charge is 2.23. The van der Waals surface area contributed by atoms with E-state index in [9.17, 15) is 9.90 Å². The van der Waals surface area contributed by atoms with Gasteiger partial charge < -0.3 is 5.11 Å². The molecule has 0 bridgehead atoms. The van der Waals surface area contributed by atoms with Gasteiger partial charge in [-0.3, -0.25) is 4.79 Å². The molecule has 1 N–H and O–H groups in total. The molecule has 0 radical (unpaired) electrons. The summed E-state index contributed by atoms with van der Waals surface area (Å²) in [5, 5.41) is 9.14. The minimum absolute atomic E-state index is 0.403. The number of rotatable bonds is 4. The van der Waals surface area contributed by atoms with E-state index in [0.717, 1.165) is 11.1 Å². The number of carboxylic acids is 1. The fraction of sp³-hybridized carbons (Fsp3) is 0.0714. The normalized spacial score (nSPS) is 12.4. The number of thiazole rings is 1. The molecule has 0 aliphatic heterocycles. The molecule has 1 aromatic carbocycles. The SMILES string of the molecule is O=C(O)C(Sc1nc2ccc(Cl)nc2s1)c1ccccc1. The Morgan fingerprint density at radius 1 is 1.19 bits per heavy atom. The van der Waals surface area contributed by atoms with E-state index >= 15 is 0 Å². The van der Waals surface area contributed by atoms with Crippen LogP contribution in [0.25, 0.3) is 10.3 Å². The third-order valence-electron chi connectivity index (χ3n) is 2.75. The first-order valence-electron chi connectivity index (χ1n) is 6.01. The van der Waals surface area contributed by atoms with Gasteiger partial charge in [0.05, 0.1) is 0 Å². The van der Waals surface area contributed by atoms with Crippen LogP contribution < -0.4 is 0 Å². The molecule has 2 heterocycles. The smallest absolute Gasteiger partial charge is 0.321 e. The number of thioether (sulfide) groups is 1. The third-order valence-corrected chi connectivity index (χ3v) is 5.26. The molecule has 4 nitrogen and oxygen atoms in total. The van der Waals surface area contributed by atoms with Crippen molar-refractivity contribution in [3.63, 3.8) is 0 Å².